The van der Waals surface area contributed by atoms with Gasteiger partial charge in [0.1, 0.15) is 0 Å². The number of ether oxygens (including phenoxy) is 1. The highest BCUT2D eigenvalue weighted by Gasteiger charge is 2.56. The molecule has 12 rings (SSSR count). The van der Waals surface area contributed by atoms with E-state index in [-0.39, 0.29) is 0 Å². The Morgan fingerprint density at radius 2 is 0.881 bits per heavy atom. The van der Waals surface area contributed by atoms with Crippen LogP contribution in [-0.4, -0.2) is 22.1 Å². The van der Waals surface area contributed by atoms with Crippen molar-refractivity contribution < 1.29 is 4.74 Å². The van der Waals surface area contributed by atoms with Crippen molar-refractivity contribution in [3.63, 3.8) is 0 Å². The van der Waals surface area contributed by atoms with Crippen LogP contribution >= 0.6 is 0 Å². The smallest absolute Gasteiger partial charge is 0.193 e. The van der Waals surface area contributed by atoms with E-state index in [2.05, 4.69) is 78.3 Å². The van der Waals surface area contributed by atoms with Gasteiger partial charge < -0.3 is 4.74 Å². The number of aromatic nitrogens is 3. The lowest BCUT2D eigenvalue weighted by Gasteiger charge is -2.57. The SMILES string of the molecule is COC(c1cc2c(cn1)[C@@H]1C[C@H](C2)C1(C)C)(c1cc2c(cn1)[C@@H]1C[C@H](C2)C1(C)C)c1cc2c(cn1)[C@@H]1C[C@H](C2)C1(C)C. The lowest BCUT2D eigenvalue weighted by atomic mass is 9.47. The number of hydrogen-bond acceptors (Lipinski definition) is 4. The average molecular weight is 560 g/mol. The van der Waals surface area contributed by atoms with E-state index in [0.717, 1.165) is 54.1 Å². The summed E-state index contributed by atoms with van der Waals surface area (Å²) in [6, 6.07) is 7.07. The van der Waals surface area contributed by atoms with Crippen LogP contribution in [0.2, 0.25) is 0 Å². The van der Waals surface area contributed by atoms with Crippen LogP contribution < -0.4 is 0 Å². The van der Waals surface area contributed by atoms with Gasteiger partial charge in [-0.3, -0.25) is 15.0 Å². The molecule has 3 aromatic rings. The summed E-state index contributed by atoms with van der Waals surface area (Å²) in [5.41, 5.74) is 11.7. The molecule has 0 aliphatic heterocycles. The van der Waals surface area contributed by atoms with Crippen molar-refractivity contribution in [1.82, 2.24) is 15.0 Å². The van der Waals surface area contributed by atoms with E-state index in [1.807, 2.05) is 7.11 Å². The zero-order valence-electron chi connectivity index (χ0n) is 26.4. The monoisotopic (exact) mass is 559 g/mol. The van der Waals surface area contributed by atoms with Crippen molar-refractivity contribution >= 4 is 0 Å². The fraction of sp³-hybridized carbons (Fsp3) is 0.605. The minimum absolute atomic E-state index is 0.373. The molecule has 3 aromatic heterocycles. The molecule has 9 aliphatic rings. The Kier molecular flexibility index (Phi) is 4.87. The van der Waals surface area contributed by atoms with Gasteiger partial charge in [-0.05, 0) is 142 Å². The Hall–Kier alpha value is -2.59. The van der Waals surface area contributed by atoms with Crippen molar-refractivity contribution in [2.75, 3.05) is 7.11 Å². The Labute approximate surface area is 251 Å². The van der Waals surface area contributed by atoms with Gasteiger partial charge in [-0.1, -0.05) is 41.5 Å². The second-order valence-corrected chi connectivity index (χ2v) is 16.7. The van der Waals surface area contributed by atoms with E-state index in [1.165, 1.54) is 52.6 Å². The minimum atomic E-state index is -0.940. The predicted molar refractivity (Wildman–Crippen MR) is 165 cm³/mol. The van der Waals surface area contributed by atoms with Gasteiger partial charge in [0, 0.05) is 25.7 Å². The highest BCUT2D eigenvalue weighted by molar-refractivity contribution is 5.50. The molecule has 0 saturated heterocycles. The van der Waals surface area contributed by atoms with Gasteiger partial charge in [-0.25, -0.2) is 0 Å². The normalized spacial score (nSPS) is 33.2. The first kappa shape index (κ1) is 25.9. The average Bonchev–Trinajstić information content (AvgIpc) is 3.00. The molecule has 218 valence electrons. The summed E-state index contributed by atoms with van der Waals surface area (Å²) in [4.78, 5) is 15.7. The maximum absolute atomic E-state index is 6.72. The summed E-state index contributed by atoms with van der Waals surface area (Å²) in [6.45, 7) is 14.6. The molecule has 0 unspecified atom stereocenters. The molecule has 6 bridgehead atoms. The number of hydrogen-bond donors (Lipinski definition) is 0. The molecule has 9 aliphatic carbocycles. The molecule has 0 amide bonds. The van der Waals surface area contributed by atoms with Gasteiger partial charge in [-0.2, -0.15) is 0 Å². The van der Waals surface area contributed by atoms with Crippen LogP contribution in [0.3, 0.4) is 0 Å². The van der Waals surface area contributed by atoms with Gasteiger partial charge in [-0.15, -0.1) is 0 Å². The van der Waals surface area contributed by atoms with E-state index < -0.39 is 5.60 Å². The number of pyridine rings is 3. The summed E-state index contributed by atoms with van der Waals surface area (Å²) in [5, 5.41) is 0. The predicted octanol–water partition coefficient (Wildman–Crippen LogP) is 7.87. The number of rotatable bonds is 4. The van der Waals surface area contributed by atoms with Crippen LogP contribution in [0.5, 0.6) is 0 Å². The third kappa shape index (κ3) is 2.96. The first-order valence-corrected chi connectivity index (χ1v) is 16.5. The van der Waals surface area contributed by atoms with E-state index in [1.54, 1.807) is 0 Å². The minimum Gasteiger partial charge on any atom is -0.359 e. The molecular weight excluding hydrogens is 514 g/mol. The lowest BCUT2D eigenvalue weighted by molar-refractivity contribution is 0.0151. The number of nitrogens with zero attached hydrogens (tertiary/aromatic N) is 3. The molecule has 4 nitrogen and oxygen atoms in total. The van der Waals surface area contributed by atoms with Crippen molar-refractivity contribution in [2.24, 2.45) is 34.0 Å². The topological polar surface area (TPSA) is 47.9 Å². The summed E-state index contributed by atoms with van der Waals surface area (Å²) in [6.07, 6.45) is 13.8. The maximum Gasteiger partial charge on any atom is 0.193 e. The van der Waals surface area contributed by atoms with Crippen molar-refractivity contribution in [3.8, 4) is 0 Å². The summed E-state index contributed by atoms with van der Waals surface area (Å²) in [7, 11) is 1.84. The molecular formula is C38H45N3O. The molecule has 3 saturated carbocycles. The van der Waals surface area contributed by atoms with Crippen molar-refractivity contribution in [2.45, 2.75) is 103 Å². The van der Waals surface area contributed by atoms with Gasteiger partial charge >= 0.3 is 0 Å². The summed E-state index contributed by atoms with van der Waals surface area (Å²) in [5.74, 6) is 4.07. The maximum atomic E-state index is 6.72. The Morgan fingerprint density at radius 3 is 1.14 bits per heavy atom. The van der Waals surface area contributed by atoms with Crippen LogP contribution in [0.15, 0.2) is 36.8 Å². The molecule has 6 atom stereocenters. The van der Waals surface area contributed by atoms with Crippen LogP contribution in [0.1, 0.15) is 129 Å². The highest BCUT2D eigenvalue weighted by atomic mass is 16.5. The Morgan fingerprint density at radius 1 is 0.571 bits per heavy atom. The standard InChI is InChI=1S/C38H45N3O/c1-35(2)23-8-20-11-32(39-17-26(20)29(35)14-23)38(42-7,33-12-21-9-24-15-30(36(24,3)4)27(21)18-40-33)34-13-22-10-25-16-31(37(25,5)6)28(22)19-41-34/h11-13,17-19,23-25,29-31H,8-10,14-16H2,1-7H3/t23-,24-,25-,29-,30-,31-/m0/s1. The molecule has 0 aromatic carbocycles. The first-order valence-electron chi connectivity index (χ1n) is 16.5. The Balaban J connectivity index is 1.21. The largest absolute Gasteiger partial charge is 0.359 e. The van der Waals surface area contributed by atoms with E-state index >= 15 is 0 Å². The highest BCUT2D eigenvalue weighted by Crippen LogP contribution is 2.64. The molecule has 42 heavy (non-hydrogen) atoms. The van der Waals surface area contributed by atoms with Crippen LogP contribution in [-0.2, 0) is 29.6 Å². The fourth-order valence-corrected chi connectivity index (χ4v) is 10.7. The van der Waals surface area contributed by atoms with Crippen LogP contribution in [0.25, 0.3) is 0 Å². The molecule has 3 fully saturated rings. The Bertz CT molecular complexity index is 1470. The third-order valence-corrected chi connectivity index (χ3v) is 14.4. The number of methoxy groups -OCH3 is 1. The summed E-state index contributed by atoms with van der Waals surface area (Å²) < 4.78 is 6.72. The van der Waals surface area contributed by atoms with Gasteiger partial charge in [0.2, 0.25) is 0 Å². The molecule has 0 N–H and O–H groups in total. The van der Waals surface area contributed by atoms with Gasteiger partial charge in [0.15, 0.2) is 5.60 Å². The van der Waals surface area contributed by atoms with Crippen LogP contribution in [0.4, 0.5) is 0 Å². The second-order valence-electron chi connectivity index (χ2n) is 16.7. The summed E-state index contributed by atoms with van der Waals surface area (Å²) >= 11 is 0. The fourth-order valence-electron chi connectivity index (χ4n) is 10.7. The van der Waals surface area contributed by atoms with Crippen molar-refractivity contribution in [3.05, 3.63) is 87.3 Å². The lowest BCUT2D eigenvalue weighted by Crippen LogP contribution is -2.49. The van der Waals surface area contributed by atoms with E-state index in [9.17, 15) is 0 Å². The molecule has 3 heterocycles. The van der Waals surface area contributed by atoms with E-state index in [0.29, 0.717) is 34.0 Å². The second kappa shape index (κ2) is 7.92. The quantitative estimate of drug-likeness (QED) is 0.326. The van der Waals surface area contributed by atoms with Gasteiger partial charge in [0.05, 0.1) is 17.1 Å². The van der Waals surface area contributed by atoms with Crippen LogP contribution in [0, 0.1) is 34.0 Å². The third-order valence-electron chi connectivity index (χ3n) is 14.4. The first-order chi connectivity index (χ1) is 20.0. The van der Waals surface area contributed by atoms with Crippen molar-refractivity contribution in [1.29, 1.82) is 0 Å². The zero-order chi connectivity index (χ0) is 29.0. The molecule has 0 spiro atoms. The van der Waals surface area contributed by atoms with Gasteiger partial charge in [0.25, 0.3) is 0 Å². The molecule has 4 heteroatoms. The zero-order valence-corrected chi connectivity index (χ0v) is 26.4. The molecule has 0 radical (unpaired) electrons. The van der Waals surface area contributed by atoms with E-state index in [4.69, 9.17) is 19.7 Å².